The molecule has 4 rings (SSSR count). The molecule has 0 fully saturated rings. The Hall–Kier alpha value is -3.02. The SMILES string of the molecule is CCC(CC)N1C(=O)c2ccc3c4c(ccc(c24)C1=O)C(=O)OC3=O. The zero-order valence-corrected chi connectivity index (χ0v) is 13.8. The van der Waals surface area contributed by atoms with Crippen LogP contribution in [0.25, 0.3) is 10.8 Å². The van der Waals surface area contributed by atoms with Crippen LogP contribution in [0, 0.1) is 0 Å². The summed E-state index contributed by atoms with van der Waals surface area (Å²) in [4.78, 5) is 51.3. The van der Waals surface area contributed by atoms with Gasteiger partial charge in [-0.15, -0.1) is 0 Å². The highest BCUT2D eigenvalue weighted by Crippen LogP contribution is 2.37. The van der Waals surface area contributed by atoms with Crippen LogP contribution >= 0.6 is 0 Å². The summed E-state index contributed by atoms with van der Waals surface area (Å²) in [6.07, 6.45) is 1.32. The van der Waals surface area contributed by atoms with Crippen molar-refractivity contribution in [2.24, 2.45) is 0 Å². The average Bonchev–Trinajstić information content (AvgIpc) is 2.61. The molecule has 2 aliphatic heterocycles. The van der Waals surface area contributed by atoms with Crippen molar-refractivity contribution in [3.63, 3.8) is 0 Å². The second-order valence-corrected chi connectivity index (χ2v) is 6.20. The maximum atomic E-state index is 13.0. The highest BCUT2D eigenvalue weighted by Gasteiger charge is 2.39. The van der Waals surface area contributed by atoms with Gasteiger partial charge < -0.3 is 4.74 Å². The number of hydrogen-bond acceptors (Lipinski definition) is 5. The lowest BCUT2D eigenvalue weighted by atomic mass is 9.87. The van der Waals surface area contributed by atoms with Gasteiger partial charge in [0.2, 0.25) is 0 Å². The van der Waals surface area contributed by atoms with E-state index in [1.807, 2.05) is 13.8 Å². The maximum absolute atomic E-state index is 13.0. The third-order valence-corrected chi connectivity index (χ3v) is 4.99. The van der Waals surface area contributed by atoms with E-state index in [2.05, 4.69) is 0 Å². The first-order chi connectivity index (χ1) is 12.0. The summed E-state index contributed by atoms with van der Waals surface area (Å²) in [5.74, 6) is -2.30. The van der Waals surface area contributed by atoms with E-state index in [0.717, 1.165) is 0 Å². The Kier molecular flexibility index (Phi) is 3.25. The summed E-state index contributed by atoms with van der Waals surface area (Å²) in [5.41, 5.74) is 1.08. The van der Waals surface area contributed by atoms with E-state index in [4.69, 9.17) is 4.74 Å². The Morgan fingerprint density at radius 1 is 0.760 bits per heavy atom. The summed E-state index contributed by atoms with van der Waals surface area (Å²) in [6.45, 7) is 3.86. The number of nitrogens with zero attached hydrogens (tertiary/aromatic N) is 1. The maximum Gasteiger partial charge on any atom is 0.346 e. The van der Waals surface area contributed by atoms with Gasteiger partial charge in [-0.3, -0.25) is 14.5 Å². The van der Waals surface area contributed by atoms with Crippen LogP contribution in [0.1, 0.15) is 68.1 Å². The topological polar surface area (TPSA) is 80.8 Å². The predicted octanol–water partition coefficient (Wildman–Crippen LogP) is 2.94. The number of rotatable bonds is 3. The van der Waals surface area contributed by atoms with Crippen molar-refractivity contribution in [3.05, 3.63) is 46.5 Å². The first-order valence-corrected chi connectivity index (χ1v) is 8.23. The minimum absolute atomic E-state index is 0.193. The Labute approximate surface area is 143 Å². The fraction of sp³-hybridized carbons (Fsp3) is 0.263. The molecule has 126 valence electrons. The molecule has 0 spiro atoms. The average molecular weight is 337 g/mol. The molecule has 0 radical (unpaired) electrons. The normalized spacial score (nSPS) is 16.0. The van der Waals surface area contributed by atoms with E-state index in [-0.39, 0.29) is 29.0 Å². The highest BCUT2D eigenvalue weighted by molar-refractivity contribution is 6.31. The van der Waals surface area contributed by atoms with Gasteiger partial charge in [-0.1, -0.05) is 13.8 Å². The Bertz CT molecular complexity index is 918. The van der Waals surface area contributed by atoms with Gasteiger partial charge in [0, 0.05) is 27.9 Å². The molecule has 0 saturated carbocycles. The van der Waals surface area contributed by atoms with E-state index in [1.54, 1.807) is 0 Å². The minimum Gasteiger partial charge on any atom is -0.386 e. The van der Waals surface area contributed by atoms with Gasteiger partial charge in [0.15, 0.2) is 0 Å². The number of amides is 2. The second-order valence-electron chi connectivity index (χ2n) is 6.20. The molecule has 2 aliphatic rings. The number of esters is 2. The van der Waals surface area contributed by atoms with Gasteiger partial charge in [-0.25, -0.2) is 9.59 Å². The molecule has 2 aromatic rings. The molecule has 0 bridgehead atoms. The first-order valence-electron chi connectivity index (χ1n) is 8.23. The Morgan fingerprint density at radius 3 is 1.60 bits per heavy atom. The van der Waals surface area contributed by atoms with Crippen LogP contribution in [0.4, 0.5) is 0 Å². The quantitative estimate of drug-likeness (QED) is 0.489. The van der Waals surface area contributed by atoms with Crippen molar-refractivity contribution < 1.29 is 23.9 Å². The molecule has 0 aliphatic carbocycles. The van der Waals surface area contributed by atoms with E-state index in [1.165, 1.54) is 29.2 Å². The van der Waals surface area contributed by atoms with Crippen LogP contribution in [-0.2, 0) is 4.74 Å². The summed E-state index contributed by atoms with van der Waals surface area (Å²) in [6, 6.07) is 5.84. The zero-order chi connectivity index (χ0) is 17.9. The van der Waals surface area contributed by atoms with Gasteiger partial charge in [0.25, 0.3) is 11.8 Å². The number of imide groups is 1. The summed E-state index contributed by atoms with van der Waals surface area (Å²) in [7, 11) is 0. The Balaban J connectivity index is 2.06. The van der Waals surface area contributed by atoms with E-state index >= 15 is 0 Å². The van der Waals surface area contributed by atoms with Gasteiger partial charge in [-0.2, -0.15) is 0 Å². The molecular weight excluding hydrogens is 322 g/mol. The summed E-state index contributed by atoms with van der Waals surface area (Å²) >= 11 is 0. The molecule has 2 heterocycles. The minimum atomic E-state index is -0.761. The van der Waals surface area contributed by atoms with E-state index < -0.39 is 11.9 Å². The number of carbonyl (C=O) groups excluding carboxylic acids is 4. The monoisotopic (exact) mass is 337 g/mol. The van der Waals surface area contributed by atoms with E-state index in [9.17, 15) is 19.2 Å². The van der Waals surface area contributed by atoms with Gasteiger partial charge in [0.1, 0.15) is 0 Å². The Morgan fingerprint density at radius 2 is 1.16 bits per heavy atom. The third kappa shape index (κ3) is 1.91. The van der Waals surface area contributed by atoms with Crippen molar-refractivity contribution in [1.29, 1.82) is 0 Å². The number of ether oxygens (including phenoxy) is 1. The van der Waals surface area contributed by atoms with Crippen LogP contribution in [0.3, 0.4) is 0 Å². The van der Waals surface area contributed by atoms with Crippen molar-refractivity contribution in [2.45, 2.75) is 32.7 Å². The largest absolute Gasteiger partial charge is 0.386 e. The molecule has 0 aromatic heterocycles. The van der Waals surface area contributed by atoms with E-state index in [0.29, 0.717) is 34.7 Å². The zero-order valence-electron chi connectivity index (χ0n) is 13.8. The van der Waals surface area contributed by atoms with Gasteiger partial charge in [0.05, 0.1) is 11.1 Å². The lowest BCUT2D eigenvalue weighted by molar-refractivity contribution is 0.0387. The van der Waals surface area contributed by atoms with Crippen molar-refractivity contribution >= 4 is 34.5 Å². The lowest BCUT2D eigenvalue weighted by Gasteiger charge is -2.33. The van der Waals surface area contributed by atoms with Gasteiger partial charge >= 0.3 is 11.9 Å². The molecule has 6 heteroatoms. The smallest absolute Gasteiger partial charge is 0.346 e. The molecule has 0 atom stereocenters. The van der Waals surface area contributed by atoms with Crippen molar-refractivity contribution in [3.8, 4) is 0 Å². The van der Waals surface area contributed by atoms with Gasteiger partial charge in [-0.05, 0) is 37.1 Å². The fourth-order valence-electron chi connectivity index (χ4n) is 3.72. The number of hydrogen-bond donors (Lipinski definition) is 0. The molecule has 6 nitrogen and oxygen atoms in total. The second kappa shape index (κ2) is 5.24. The predicted molar refractivity (Wildman–Crippen MR) is 88.6 cm³/mol. The van der Waals surface area contributed by atoms with Crippen LogP contribution in [-0.4, -0.2) is 34.7 Å². The molecule has 0 saturated heterocycles. The molecule has 2 amide bonds. The molecule has 0 unspecified atom stereocenters. The van der Waals surface area contributed by atoms with Crippen LogP contribution in [0.5, 0.6) is 0 Å². The lowest BCUT2D eigenvalue weighted by Crippen LogP contribution is -2.46. The van der Waals surface area contributed by atoms with Crippen LogP contribution in [0.2, 0.25) is 0 Å². The number of benzene rings is 2. The highest BCUT2D eigenvalue weighted by atomic mass is 16.6. The first kappa shape index (κ1) is 15.5. The molecule has 25 heavy (non-hydrogen) atoms. The van der Waals surface area contributed by atoms with Crippen LogP contribution in [0.15, 0.2) is 24.3 Å². The molecule has 0 N–H and O–H groups in total. The summed E-state index contributed by atoms with van der Waals surface area (Å²) in [5, 5.41) is 0.708. The number of cyclic esters (lactones) is 2. The fourth-order valence-corrected chi connectivity index (χ4v) is 3.72. The third-order valence-electron chi connectivity index (χ3n) is 4.99. The molecule has 2 aromatic carbocycles. The van der Waals surface area contributed by atoms with Crippen molar-refractivity contribution in [2.75, 3.05) is 0 Å². The summed E-state index contributed by atoms with van der Waals surface area (Å²) < 4.78 is 4.72. The van der Waals surface area contributed by atoms with Crippen molar-refractivity contribution in [1.82, 2.24) is 4.90 Å². The van der Waals surface area contributed by atoms with Crippen LogP contribution < -0.4 is 0 Å². The molecular formula is C19H15NO5. The number of carbonyl (C=O) groups is 4. The standard InChI is InChI=1S/C19H15NO5/c1-3-9(4-2)20-16(21)10-5-7-12-15-13(19(24)25-18(12)23)8-6-11(14(10)15)17(20)22/h5-9H,3-4H2,1-2H3.